The second-order valence-electron chi connectivity index (χ2n) is 7.70. The third kappa shape index (κ3) is 6.43. The van der Waals surface area contributed by atoms with E-state index in [1.54, 1.807) is 0 Å². The topological polar surface area (TPSA) is 9.23 Å². The van der Waals surface area contributed by atoms with Crippen molar-refractivity contribution >= 4 is 0 Å². The summed E-state index contributed by atoms with van der Waals surface area (Å²) < 4.78 is 5.91. The molecular weight excluding hydrogens is 292 g/mol. The van der Waals surface area contributed by atoms with Crippen LogP contribution in [0.5, 0.6) is 0 Å². The Kier molecular flexibility index (Phi) is 8.59. The summed E-state index contributed by atoms with van der Waals surface area (Å²) in [5.74, 6) is 1.75. The van der Waals surface area contributed by atoms with Gasteiger partial charge in [-0.15, -0.1) is 6.58 Å². The second-order valence-corrected chi connectivity index (χ2v) is 7.70. The van der Waals surface area contributed by atoms with Crippen LogP contribution in [0, 0.1) is 17.3 Å². The van der Waals surface area contributed by atoms with Gasteiger partial charge < -0.3 is 4.74 Å². The van der Waals surface area contributed by atoms with Gasteiger partial charge in [-0.1, -0.05) is 61.8 Å². The zero-order chi connectivity index (χ0) is 17.1. The minimum Gasteiger partial charge on any atom is -0.376 e. The van der Waals surface area contributed by atoms with Gasteiger partial charge in [0.1, 0.15) is 0 Å². The molecule has 1 heteroatoms. The van der Waals surface area contributed by atoms with Gasteiger partial charge >= 0.3 is 0 Å². The Bertz CT molecular complexity index is 437. The fourth-order valence-corrected chi connectivity index (χ4v) is 4.12. The van der Waals surface area contributed by atoms with Crippen molar-refractivity contribution in [1.29, 1.82) is 0 Å². The van der Waals surface area contributed by atoms with E-state index in [0.29, 0.717) is 0 Å². The highest BCUT2D eigenvalue weighted by molar-refractivity contribution is 5.16. The Morgan fingerprint density at radius 1 is 1.17 bits per heavy atom. The summed E-state index contributed by atoms with van der Waals surface area (Å²) in [5.41, 5.74) is 0.233. The van der Waals surface area contributed by atoms with Crippen molar-refractivity contribution in [2.75, 3.05) is 13.2 Å². The lowest BCUT2D eigenvalue weighted by molar-refractivity contribution is 0.0802. The van der Waals surface area contributed by atoms with E-state index in [1.165, 1.54) is 51.4 Å². The summed E-state index contributed by atoms with van der Waals surface area (Å²) in [6, 6.07) is 0. The summed E-state index contributed by atoms with van der Waals surface area (Å²) in [7, 11) is 0. The molecule has 134 valence electrons. The Hall–Kier alpha value is -1.08. The number of hydrogen-bond acceptors (Lipinski definition) is 1. The SMILES string of the molecule is C=CC1CCC(CCCCC2(COCC=CC)C=CC=CC2)CC1. The number of hydrogen-bond donors (Lipinski definition) is 0. The molecule has 0 saturated heterocycles. The predicted octanol–water partition coefficient (Wildman–Crippen LogP) is 6.63. The van der Waals surface area contributed by atoms with Crippen LogP contribution < -0.4 is 0 Å². The third-order valence-electron chi connectivity index (χ3n) is 5.82. The maximum Gasteiger partial charge on any atom is 0.0647 e. The zero-order valence-electron chi connectivity index (χ0n) is 15.6. The average molecular weight is 329 g/mol. The normalized spacial score (nSPS) is 30.0. The Morgan fingerprint density at radius 3 is 2.67 bits per heavy atom. The van der Waals surface area contributed by atoms with Gasteiger partial charge in [-0.25, -0.2) is 0 Å². The maximum atomic E-state index is 5.91. The summed E-state index contributed by atoms with van der Waals surface area (Å²) in [5, 5.41) is 0. The van der Waals surface area contributed by atoms with Gasteiger partial charge in [-0.3, -0.25) is 0 Å². The molecule has 1 saturated carbocycles. The molecule has 0 N–H and O–H groups in total. The number of ether oxygens (including phenoxy) is 1. The van der Waals surface area contributed by atoms with Gasteiger partial charge in [0.15, 0.2) is 0 Å². The quantitative estimate of drug-likeness (QED) is 0.323. The van der Waals surface area contributed by atoms with Crippen LogP contribution in [0.2, 0.25) is 0 Å². The van der Waals surface area contributed by atoms with Gasteiger partial charge in [0.05, 0.1) is 13.2 Å². The largest absolute Gasteiger partial charge is 0.376 e. The van der Waals surface area contributed by atoms with Gasteiger partial charge in [0.25, 0.3) is 0 Å². The lowest BCUT2D eigenvalue weighted by Crippen LogP contribution is -2.25. The first-order chi connectivity index (χ1) is 11.8. The summed E-state index contributed by atoms with van der Waals surface area (Å²) in [6.45, 7) is 7.59. The van der Waals surface area contributed by atoms with E-state index in [1.807, 2.05) is 6.92 Å². The monoisotopic (exact) mass is 328 g/mol. The highest BCUT2D eigenvalue weighted by atomic mass is 16.5. The first kappa shape index (κ1) is 19.2. The maximum absolute atomic E-state index is 5.91. The zero-order valence-corrected chi connectivity index (χ0v) is 15.6. The summed E-state index contributed by atoms with van der Waals surface area (Å²) in [6.07, 6.45) is 27.4. The minimum absolute atomic E-state index is 0.233. The van der Waals surface area contributed by atoms with E-state index >= 15 is 0 Å². The molecule has 2 aliphatic rings. The van der Waals surface area contributed by atoms with Crippen LogP contribution in [0.3, 0.4) is 0 Å². The smallest absolute Gasteiger partial charge is 0.0647 e. The van der Waals surface area contributed by atoms with Gasteiger partial charge in [-0.2, -0.15) is 0 Å². The fourth-order valence-electron chi connectivity index (χ4n) is 4.12. The molecule has 2 aliphatic carbocycles. The minimum atomic E-state index is 0.233. The van der Waals surface area contributed by atoms with Crippen molar-refractivity contribution in [2.45, 2.75) is 64.7 Å². The Labute approximate surface area is 149 Å². The third-order valence-corrected chi connectivity index (χ3v) is 5.82. The van der Waals surface area contributed by atoms with E-state index in [9.17, 15) is 0 Å². The van der Waals surface area contributed by atoms with Crippen molar-refractivity contribution in [1.82, 2.24) is 0 Å². The van der Waals surface area contributed by atoms with Crippen LogP contribution in [0.4, 0.5) is 0 Å². The molecule has 0 bridgehead atoms. The van der Waals surface area contributed by atoms with E-state index in [4.69, 9.17) is 4.74 Å². The molecule has 0 aromatic heterocycles. The highest BCUT2D eigenvalue weighted by Gasteiger charge is 2.27. The number of unbranched alkanes of at least 4 members (excludes halogenated alkanes) is 1. The van der Waals surface area contributed by atoms with Gasteiger partial charge in [0, 0.05) is 5.41 Å². The molecule has 1 fully saturated rings. The van der Waals surface area contributed by atoms with Crippen LogP contribution >= 0.6 is 0 Å². The molecule has 0 aromatic carbocycles. The standard InChI is InChI=1S/C23H36O/c1-3-5-19-24-20-23(16-8-6-9-17-23)18-10-7-11-22-14-12-21(4-2)13-15-22/h3-6,8-9,16,21-22H,2,7,10-15,17-20H2,1H3. The molecule has 1 nitrogen and oxygen atoms in total. The number of allylic oxidation sites excluding steroid dienone is 5. The predicted molar refractivity (Wildman–Crippen MR) is 105 cm³/mol. The molecule has 0 heterocycles. The van der Waals surface area contributed by atoms with Crippen LogP contribution in [0.25, 0.3) is 0 Å². The molecule has 0 aromatic rings. The van der Waals surface area contributed by atoms with Crippen molar-refractivity contribution in [3.8, 4) is 0 Å². The Balaban J connectivity index is 1.68. The molecular formula is C23H36O. The lowest BCUT2D eigenvalue weighted by atomic mass is 9.76. The van der Waals surface area contributed by atoms with Crippen molar-refractivity contribution in [3.05, 3.63) is 49.1 Å². The van der Waals surface area contributed by atoms with Crippen molar-refractivity contribution in [3.63, 3.8) is 0 Å². The fraction of sp³-hybridized carbons (Fsp3) is 0.652. The molecule has 0 aliphatic heterocycles. The van der Waals surface area contributed by atoms with E-state index in [2.05, 4.69) is 49.1 Å². The van der Waals surface area contributed by atoms with Crippen LogP contribution in [-0.4, -0.2) is 13.2 Å². The lowest BCUT2D eigenvalue weighted by Gasteiger charge is -2.31. The summed E-state index contributed by atoms with van der Waals surface area (Å²) in [4.78, 5) is 0. The van der Waals surface area contributed by atoms with Crippen LogP contribution in [0.1, 0.15) is 64.7 Å². The highest BCUT2D eigenvalue weighted by Crippen LogP contribution is 2.36. The second kappa shape index (κ2) is 10.7. The Morgan fingerprint density at radius 2 is 2.00 bits per heavy atom. The van der Waals surface area contributed by atoms with E-state index < -0.39 is 0 Å². The average Bonchev–Trinajstić information content (AvgIpc) is 2.64. The molecule has 0 spiro atoms. The van der Waals surface area contributed by atoms with E-state index in [0.717, 1.165) is 31.5 Å². The van der Waals surface area contributed by atoms with Gasteiger partial charge in [0.2, 0.25) is 0 Å². The van der Waals surface area contributed by atoms with Crippen LogP contribution in [-0.2, 0) is 4.74 Å². The molecule has 24 heavy (non-hydrogen) atoms. The van der Waals surface area contributed by atoms with Gasteiger partial charge in [-0.05, 0) is 57.3 Å². The van der Waals surface area contributed by atoms with E-state index in [-0.39, 0.29) is 5.41 Å². The van der Waals surface area contributed by atoms with Crippen molar-refractivity contribution < 1.29 is 4.74 Å². The van der Waals surface area contributed by atoms with Crippen LogP contribution in [0.15, 0.2) is 49.1 Å². The van der Waals surface area contributed by atoms with Crippen molar-refractivity contribution in [2.24, 2.45) is 17.3 Å². The molecule has 1 atom stereocenters. The molecule has 2 rings (SSSR count). The molecule has 1 unspecified atom stereocenters. The first-order valence-corrected chi connectivity index (χ1v) is 9.94. The number of rotatable bonds is 10. The molecule has 0 radical (unpaired) electrons. The first-order valence-electron chi connectivity index (χ1n) is 9.94. The summed E-state index contributed by atoms with van der Waals surface area (Å²) >= 11 is 0. The molecule has 0 amide bonds.